The van der Waals surface area contributed by atoms with Gasteiger partial charge in [-0.1, -0.05) is 42.5 Å². The molecule has 1 rings (SSSR count). The van der Waals surface area contributed by atoms with Crippen LogP contribution < -0.4 is 5.32 Å². The number of benzene rings is 1. The predicted octanol–water partition coefficient (Wildman–Crippen LogP) is 4.10. The lowest BCUT2D eigenvalue weighted by Gasteiger charge is -2.07. The number of halogens is 1. The summed E-state index contributed by atoms with van der Waals surface area (Å²) in [6, 6.07) is 5.79. The molecule has 0 aliphatic rings. The lowest BCUT2D eigenvalue weighted by molar-refractivity contribution is 1.47. The standard InChI is InChI=1S/C10H12ClNS2/c1-3-14-10(13)12-8-4-5-9(11)7(2)6-8/h4-6H,3H2,1-2H3,(H,12,13). The lowest BCUT2D eigenvalue weighted by Crippen LogP contribution is -2.04. The van der Waals surface area contributed by atoms with Crippen molar-refractivity contribution in [1.29, 1.82) is 0 Å². The van der Waals surface area contributed by atoms with Gasteiger partial charge in [0.05, 0.1) is 0 Å². The van der Waals surface area contributed by atoms with E-state index < -0.39 is 0 Å². The normalized spacial score (nSPS) is 9.93. The molecule has 0 aliphatic carbocycles. The van der Waals surface area contributed by atoms with Gasteiger partial charge in [0.15, 0.2) is 0 Å². The highest BCUT2D eigenvalue weighted by molar-refractivity contribution is 8.23. The smallest absolute Gasteiger partial charge is 0.138 e. The third-order valence-electron chi connectivity index (χ3n) is 1.68. The number of anilines is 1. The lowest BCUT2D eigenvalue weighted by atomic mass is 10.2. The summed E-state index contributed by atoms with van der Waals surface area (Å²) < 4.78 is 0.800. The quantitative estimate of drug-likeness (QED) is 0.788. The van der Waals surface area contributed by atoms with Crippen molar-refractivity contribution in [3.05, 3.63) is 28.8 Å². The van der Waals surface area contributed by atoms with Crippen LogP contribution in [0.25, 0.3) is 0 Å². The van der Waals surface area contributed by atoms with Gasteiger partial charge in [-0.2, -0.15) is 0 Å². The summed E-state index contributed by atoms with van der Waals surface area (Å²) in [6.45, 7) is 4.05. The first-order valence-electron chi connectivity index (χ1n) is 4.33. The molecule has 1 aromatic carbocycles. The Morgan fingerprint density at radius 3 is 2.86 bits per heavy atom. The van der Waals surface area contributed by atoms with Crippen molar-refractivity contribution in [2.24, 2.45) is 0 Å². The Morgan fingerprint density at radius 1 is 1.57 bits per heavy atom. The third kappa shape index (κ3) is 3.48. The minimum absolute atomic E-state index is 0.782. The Hall–Kier alpha value is -0.250. The van der Waals surface area contributed by atoms with Gasteiger partial charge in [0.1, 0.15) is 4.32 Å². The zero-order chi connectivity index (χ0) is 10.6. The average Bonchev–Trinajstić information content (AvgIpc) is 2.12. The van der Waals surface area contributed by atoms with Crippen LogP contribution in [-0.4, -0.2) is 10.1 Å². The van der Waals surface area contributed by atoms with Crippen LogP contribution in [0.2, 0.25) is 5.02 Å². The van der Waals surface area contributed by atoms with E-state index in [4.69, 9.17) is 23.8 Å². The second kappa shape index (κ2) is 5.59. The van der Waals surface area contributed by atoms with Gasteiger partial charge in [0, 0.05) is 10.7 Å². The van der Waals surface area contributed by atoms with Gasteiger partial charge in [-0.05, 0) is 36.4 Å². The molecule has 1 aromatic rings. The molecule has 1 N–H and O–H groups in total. The van der Waals surface area contributed by atoms with E-state index >= 15 is 0 Å². The molecule has 0 bridgehead atoms. The number of nitrogens with one attached hydrogen (secondary N) is 1. The van der Waals surface area contributed by atoms with Crippen LogP contribution in [0.3, 0.4) is 0 Å². The van der Waals surface area contributed by atoms with Crippen molar-refractivity contribution >= 4 is 45.6 Å². The van der Waals surface area contributed by atoms with Crippen LogP contribution in [0.15, 0.2) is 18.2 Å². The maximum absolute atomic E-state index is 5.91. The number of thiocarbonyl (C=S) groups is 1. The SMILES string of the molecule is CCSC(=S)Nc1ccc(Cl)c(C)c1. The van der Waals surface area contributed by atoms with E-state index in [9.17, 15) is 0 Å². The molecule has 0 atom stereocenters. The summed E-state index contributed by atoms with van der Waals surface area (Å²) in [7, 11) is 0. The van der Waals surface area contributed by atoms with E-state index in [0.29, 0.717) is 0 Å². The molecule has 0 amide bonds. The second-order valence-electron chi connectivity index (χ2n) is 2.81. The molecule has 1 nitrogen and oxygen atoms in total. The first kappa shape index (κ1) is 11.8. The molecule has 76 valence electrons. The van der Waals surface area contributed by atoms with Crippen LogP contribution in [-0.2, 0) is 0 Å². The maximum atomic E-state index is 5.91. The van der Waals surface area contributed by atoms with E-state index in [1.54, 1.807) is 11.8 Å². The molecule has 0 fully saturated rings. The highest BCUT2D eigenvalue weighted by atomic mass is 35.5. The van der Waals surface area contributed by atoms with Crippen LogP contribution in [0.4, 0.5) is 5.69 Å². The first-order chi connectivity index (χ1) is 6.63. The van der Waals surface area contributed by atoms with Crippen molar-refractivity contribution in [3.63, 3.8) is 0 Å². The van der Waals surface area contributed by atoms with Crippen molar-refractivity contribution in [1.82, 2.24) is 0 Å². The third-order valence-corrected chi connectivity index (χ3v) is 3.21. The van der Waals surface area contributed by atoms with Crippen molar-refractivity contribution < 1.29 is 0 Å². The predicted molar refractivity (Wildman–Crippen MR) is 70.5 cm³/mol. The maximum Gasteiger partial charge on any atom is 0.138 e. The number of rotatable bonds is 2. The van der Waals surface area contributed by atoms with E-state index in [1.807, 2.05) is 25.1 Å². The summed E-state index contributed by atoms with van der Waals surface area (Å²) in [5.74, 6) is 0.985. The molecule has 0 saturated carbocycles. The Kier molecular flexibility index (Phi) is 4.72. The van der Waals surface area contributed by atoms with E-state index in [2.05, 4.69) is 12.2 Å². The number of aryl methyl sites for hydroxylation is 1. The van der Waals surface area contributed by atoms with Crippen molar-refractivity contribution in [2.75, 3.05) is 11.1 Å². The minimum Gasteiger partial charge on any atom is -0.341 e. The molecule has 0 aliphatic heterocycles. The van der Waals surface area contributed by atoms with E-state index in [0.717, 1.165) is 26.3 Å². The van der Waals surface area contributed by atoms with Gasteiger partial charge in [-0.25, -0.2) is 0 Å². The van der Waals surface area contributed by atoms with Crippen molar-refractivity contribution in [2.45, 2.75) is 13.8 Å². The fourth-order valence-electron chi connectivity index (χ4n) is 1.01. The summed E-state index contributed by atoms with van der Waals surface area (Å²) in [5.41, 5.74) is 2.05. The minimum atomic E-state index is 0.782. The van der Waals surface area contributed by atoms with Gasteiger partial charge in [0.25, 0.3) is 0 Å². The van der Waals surface area contributed by atoms with Gasteiger partial charge in [-0.3, -0.25) is 0 Å². The van der Waals surface area contributed by atoms with Gasteiger partial charge < -0.3 is 5.32 Å². The molecule has 14 heavy (non-hydrogen) atoms. The monoisotopic (exact) mass is 245 g/mol. The highest BCUT2D eigenvalue weighted by Gasteiger charge is 1.99. The summed E-state index contributed by atoms with van der Waals surface area (Å²) in [6.07, 6.45) is 0. The molecule has 0 aromatic heterocycles. The zero-order valence-electron chi connectivity index (χ0n) is 8.13. The molecular weight excluding hydrogens is 234 g/mol. The van der Waals surface area contributed by atoms with E-state index in [-0.39, 0.29) is 0 Å². The second-order valence-corrected chi connectivity index (χ2v) is 5.16. The molecular formula is C10H12ClNS2. The summed E-state index contributed by atoms with van der Waals surface area (Å²) >= 11 is 12.7. The number of thioether (sulfide) groups is 1. The van der Waals surface area contributed by atoms with Crippen LogP contribution in [0.5, 0.6) is 0 Å². The Balaban J connectivity index is 2.68. The summed E-state index contributed by atoms with van der Waals surface area (Å²) in [4.78, 5) is 0. The van der Waals surface area contributed by atoms with Crippen LogP contribution in [0, 0.1) is 6.92 Å². The highest BCUT2D eigenvalue weighted by Crippen LogP contribution is 2.20. The molecule has 4 heteroatoms. The first-order valence-corrected chi connectivity index (χ1v) is 6.10. The van der Waals surface area contributed by atoms with Crippen LogP contribution >= 0.6 is 35.6 Å². The Labute approximate surface area is 99.2 Å². The van der Waals surface area contributed by atoms with Crippen molar-refractivity contribution in [3.8, 4) is 0 Å². The molecule has 0 spiro atoms. The fraction of sp³-hybridized carbons (Fsp3) is 0.300. The molecule has 0 unspecified atom stereocenters. The average molecular weight is 246 g/mol. The fourth-order valence-corrected chi connectivity index (χ4v) is 2.05. The van der Waals surface area contributed by atoms with Gasteiger partial charge in [-0.15, -0.1) is 0 Å². The van der Waals surface area contributed by atoms with Gasteiger partial charge in [0.2, 0.25) is 0 Å². The van der Waals surface area contributed by atoms with E-state index in [1.165, 1.54) is 0 Å². The molecule has 0 saturated heterocycles. The zero-order valence-corrected chi connectivity index (χ0v) is 10.5. The largest absolute Gasteiger partial charge is 0.341 e. The summed E-state index contributed by atoms with van der Waals surface area (Å²) in [5, 5.41) is 3.93. The topological polar surface area (TPSA) is 12.0 Å². The molecule has 0 radical (unpaired) electrons. The molecule has 0 heterocycles. The Morgan fingerprint density at radius 2 is 2.29 bits per heavy atom. The van der Waals surface area contributed by atoms with Crippen LogP contribution in [0.1, 0.15) is 12.5 Å². The number of hydrogen-bond acceptors (Lipinski definition) is 2. The number of hydrogen-bond donors (Lipinski definition) is 1. The van der Waals surface area contributed by atoms with Gasteiger partial charge >= 0.3 is 0 Å². The Bertz CT molecular complexity index is 339.